The lowest BCUT2D eigenvalue weighted by atomic mass is 9.98. The van der Waals surface area contributed by atoms with E-state index in [1.54, 1.807) is 0 Å². The molecule has 1 N–H and O–H groups in total. The third kappa shape index (κ3) is 4.79. The predicted molar refractivity (Wildman–Crippen MR) is 62.9 cm³/mol. The molecule has 0 radical (unpaired) electrons. The Morgan fingerprint density at radius 2 is 2.12 bits per heavy atom. The van der Waals surface area contributed by atoms with Crippen molar-refractivity contribution in [1.82, 2.24) is 0 Å². The first-order valence-corrected chi connectivity index (χ1v) is 6.16. The maximum Gasteiger partial charge on any atom is 0.331 e. The van der Waals surface area contributed by atoms with Gasteiger partial charge in [-0.25, -0.2) is 4.79 Å². The molecule has 3 unspecified atom stereocenters. The number of aliphatic hydroxyl groups excluding tert-OH is 1. The first-order chi connectivity index (χ1) is 7.59. The summed E-state index contributed by atoms with van der Waals surface area (Å²) in [5.41, 5.74) is 0. The van der Waals surface area contributed by atoms with Crippen molar-refractivity contribution in [2.45, 2.75) is 58.2 Å². The number of unbranched alkanes of at least 4 members (excludes halogenated alkanes) is 2. The Bertz CT molecular complexity index is 246. The van der Waals surface area contributed by atoms with Crippen molar-refractivity contribution < 1.29 is 14.6 Å². The topological polar surface area (TPSA) is 46.5 Å². The highest BCUT2D eigenvalue weighted by atomic mass is 16.5. The summed E-state index contributed by atoms with van der Waals surface area (Å²) in [6, 6.07) is 0. The molecule has 0 saturated heterocycles. The minimum Gasteiger partial charge on any atom is -0.455 e. The Balaban J connectivity index is 1.96. The van der Waals surface area contributed by atoms with Gasteiger partial charge in [-0.15, -0.1) is 0 Å². The Labute approximate surface area is 97.5 Å². The molecule has 1 aliphatic heterocycles. The Hall–Kier alpha value is -0.830. The van der Waals surface area contributed by atoms with Crippen LogP contribution in [-0.2, 0) is 9.53 Å². The number of rotatable bonds is 7. The maximum absolute atomic E-state index is 10.8. The lowest BCUT2D eigenvalue weighted by Crippen LogP contribution is -2.12. The van der Waals surface area contributed by atoms with Crippen molar-refractivity contribution in [3.05, 3.63) is 12.2 Å². The Morgan fingerprint density at radius 1 is 1.38 bits per heavy atom. The van der Waals surface area contributed by atoms with E-state index in [2.05, 4.69) is 6.92 Å². The number of esters is 1. The van der Waals surface area contributed by atoms with E-state index in [-0.39, 0.29) is 18.2 Å². The van der Waals surface area contributed by atoms with Crippen LogP contribution in [0.15, 0.2) is 12.2 Å². The third-order valence-electron chi connectivity index (χ3n) is 3.19. The summed E-state index contributed by atoms with van der Waals surface area (Å²) in [6.45, 7) is 3.92. The van der Waals surface area contributed by atoms with Crippen LogP contribution in [-0.4, -0.2) is 23.3 Å². The van der Waals surface area contributed by atoms with Gasteiger partial charge in [-0.3, -0.25) is 0 Å². The minimum absolute atomic E-state index is 0.00156. The van der Waals surface area contributed by atoms with Crippen LogP contribution in [0.3, 0.4) is 0 Å². The van der Waals surface area contributed by atoms with Gasteiger partial charge in [0, 0.05) is 6.08 Å². The summed E-state index contributed by atoms with van der Waals surface area (Å²) < 4.78 is 5.04. The molecule has 0 aliphatic carbocycles. The van der Waals surface area contributed by atoms with Crippen molar-refractivity contribution in [2.75, 3.05) is 0 Å². The van der Waals surface area contributed by atoms with Gasteiger partial charge in [-0.2, -0.15) is 0 Å². The summed E-state index contributed by atoms with van der Waals surface area (Å²) in [5, 5.41) is 9.31. The molecule has 0 bridgehead atoms. The van der Waals surface area contributed by atoms with Gasteiger partial charge in [0.15, 0.2) is 0 Å². The number of hydrogen-bond acceptors (Lipinski definition) is 3. The SMILES string of the molecule is CC(O)C(C)CCCCCC1C=CC(=O)O1. The van der Waals surface area contributed by atoms with Crippen molar-refractivity contribution in [1.29, 1.82) is 0 Å². The van der Waals surface area contributed by atoms with E-state index < -0.39 is 0 Å². The quantitative estimate of drug-likeness (QED) is 0.535. The monoisotopic (exact) mass is 226 g/mol. The van der Waals surface area contributed by atoms with E-state index in [9.17, 15) is 9.90 Å². The molecule has 3 atom stereocenters. The zero-order valence-electron chi connectivity index (χ0n) is 10.2. The molecule has 16 heavy (non-hydrogen) atoms. The van der Waals surface area contributed by atoms with E-state index in [4.69, 9.17) is 4.74 Å². The van der Waals surface area contributed by atoms with E-state index >= 15 is 0 Å². The molecule has 0 spiro atoms. The van der Waals surface area contributed by atoms with Gasteiger partial charge < -0.3 is 9.84 Å². The van der Waals surface area contributed by atoms with Gasteiger partial charge in [-0.05, 0) is 38.2 Å². The largest absolute Gasteiger partial charge is 0.455 e. The van der Waals surface area contributed by atoms with E-state index in [0.29, 0.717) is 5.92 Å². The molecule has 0 fully saturated rings. The summed E-state index contributed by atoms with van der Waals surface area (Å²) in [7, 11) is 0. The van der Waals surface area contributed by atoms with Crippen LogP contribution in [0.1, 0.15) is 46.0 Å². The van der Waals surface area contributed by atoms with Crippen molar-refractivity contribution in [3.63, 3.8) is 0 Å². The average Bonchev–Trinajstić information content (AvgIpc) is 2.63. The van der Waals surface area contributed by atoms with Gasteiger partial charge in [0.1, 0.15) is 6.10 Å². The smallest absolute Gasteiger partial charge is 0.331 e. The molecular formula is C13H22O3. The van der Waals surface area contributed by atoms with Gasteiger partial charge in [0.25, 0.3) is 0 Å². The molecule has 3 heteroatoms. The molecular weight excluding hydrogens is 204 g/mol. The first kappa shape index (κ1) is 13.2. The standard InChI is InChI=1S/C13H22O3/c1-10(11(2)14)6-4-3-5-7-12-8-9-13(15)16-12/h8-12,14H,3-7H2,1-2H3. The summed E-state index contributed by atoms with van der Waals surface area (Å²) >= 11 is 0. The predicted octanol–water partition coefficient (Wildman–Crippen LogP) is 2.44. The molecule has 92 valence electrons. The fourth-order valence-corrected chi connectivity index (χ4v) is 1.80. The molecule has 3 nitrogen and oxygen atoms in total. The van der Waals surface area contributed by atoms with Gasteiger partial charge in [0.05, 0.1) is 6.10 Å². The number of aliphatic hydroxyl groups is 1. The molecule has 1 aliphatic rings. The highest BCUT2D eigenvalue weighted by Crippen LogP contribution is 2.17. The number of hydrogen-bond donors (Lipinski definition) is 1. The van der Waals surface area contributed by atoms with Crippen molar-refractivity contribution in [2.24, 2.45) is 5.92 Å². The summed E-state index contributed by atoms with van der Waals surface area (Å²) in [6.07, 6.45) is 8.47. The third-order valence-corrected chi connectivity index (χ3v) is 3.19. The molecule has 0 saturated carbocycles. The van der Waals surface area contributed by atoms with Gasteiger partial charge in [0.2, 0.25) is 0 Å². The average molecular weight is 226 g/mol. The van der Waals surface area contributed by atoms with Crippen LogP contribution in [0.2, 0.25) is 0 Å². The second-order valence-corrected chi connectivity index (χ2v) is 4.69. The zero-order valence-corrected chi connectivity index (χ0v) is 10.2. The molecule has 0 aromatic heterocycles. The number of carbonyl (C=O) groups excluding carboxylic acids is 1. The lowest BCUT2D eigenvalue weighted by Gasteiger charge is -2.14. The van der Waals surface area contributed by atoms with Crippen LogP contribution in [0.4, 0.5) is 0 Å². The highest BCUT2D eigenvalue weighted by molar-refractivity contribution is 5.84. The molecule has 1 heterocycles. The number of cyclic esters (lactones) is 1. The van der Waals surface area contributed by atoms with Crippen molar-refractivity contribution in [3.8, 4) is 0 Å². The number of carbonyl (C=O) groups is 1. The van der Waals surface area contributed by atoms with E-state index in [1.807, 2.05) is 13.0 Å². The minimum atomic E-state index is -0.215. The van der Waals surface area contributed by atoms with Crippen LogP contribution in [0, 0.1) is 5.92 Å². The second kappa shape index (κ2) is 6.69. The first-order valence-electron chi connectivity index (χ1n) is 6.16. The summed E-state index contributed by atoms with van der Waals surface area (Å²) in [4.78, 5) is 10.8. The summed E-state index contributed by atoms with van der Waals surface area (Å²) in [5.74, 6) is 0.164. The Kier molecular flexibility index (Phi) is 5.53. The maximum atomic E-state index is 10.8. The van der Waals surface area contributed by atoms with Crippen LogP contribution >= 0.6 is 0 Å². The van der Waals surface area contributed by atoms with Gasteiger partial charge in [-0.1, -0.05) is 19.8 Å². The fraction of sp³-hybridized carbons (Fsp3) is 0.769. The molecule has 1 rings (SSSR count). The second-order valence-electron chi connectivity index (χ2n) is 4.69. The number of ether oxygens (including phenoxy) is 1. The Morgan fingerprint density at radius 3 is 2.69 bits per heavy atom. The lowest BCUT2D eigenvalue weighted by molar-refractivity contribution is -0.138. The molecule has 0 aromatic carbocycles. The van der Waals surface area contributed by atoms with Crippen LogP contribution in [0.5, 0.6) is 0 Å². The zero-order chi connectivity index (χ0) is 12.0. The van der Waals surface area contributed by atoms with Crippen molar-refractivity contribution >= 4 is 5.97 Å². The fourth-order valence-electron chi connectivity index (χ4n) is 1.80. The molecule has 0 amide bonds. The normalized spacial score (nSPS) is 23.2. The molecule has 0 aromatic rings. The van der Waals surface area contributed by atoms with Crippen LogP contribution < -0.4 is 0 Å². The van der Waals surface area contributed by atoms with E-state index in [1.165, 1.54) is 6.08 Å². The van der Waals surface area contributed by atoms with Gasteiger partial charge >= 0.3 is 5.97 Å². The van der Waals surface area contributed by atoms with Crippen LogP contribution in [0.25, 0.3) is 0 Å². The highest BCUT2D eigenvalue weighted by Gasteiger charge is 2.15. The van der Waals surface area contributed by atoms with E-state index in [0.717, 1.165) is 32.1 Å².